The molecule has 3 aromatic heterocycles. The molecule has 1 N–H and O–H groups in total. The highest BCUT2D eigenvalue weighted by Gasteiger charge is 2.20. The number of aryl methyl sites for hydroxylation is 3. The van der Waals surface area contributed by atoms with E-state index in [1.165, 1.54) is 11.6 Å². The van der Waals surface area contributed by atoms with Gasteiger partial charge < -0.3 is 14.2 Å². The SMILES string of the molecule is Cc1nn(CCc2ccccc2)c(C)c1NC(=O)c1cc2c(=O)c3ccccc3oc2o1. The van der Waals surface area contributed by atoms with Gasteiger partial charge in [-0.05, 0) is 38.0 Å². The number of aromatic nitrogens is 2. The Morgan fingerprint density at radius 3 is 2.56 bits per heavy atom. The second-order valence-corrected chi connectivity index (χ2v) is 7.70. The Kier molecular flexibility index (Phi) is 4.86. The summed E-state index contributed by atoms with van der Waals surface area (Å²) in [6.07, 6.45) is 0.834. The van der Waals surface area contributed by atoms with Gasteiger partial charge in [0.05, 0.1) is 22.5 Å². The topological polar surface area (TPSA) is 90.3 Å². The molecule has 7 heteroatoms. The number of hydrogen-bond acceptors (Lipinski definition) is 5. The predicted molar refractivity (Wildman–Crippen MR) is 122 cm³/mol. The summed E-state index contributed by atoms with van der Waals surface area (Å²) in [5.74, 6) is -0.425. The third-order valence-corrected chi connectivity index (χ3v) is 5.58. The van der Waals surface area contributed by atoms with E-state index in [0.717, 1.165) is 12.1 Å². The van der Waals surface area contributed by atoms with Crippen LogP contribution in [-0.2, 0) is 13.0 Å². The molecule has 0 aliphatic carbocycles. The highest BCUT2D eigenvalue weighted by Crippen LogP contribution is 2.24. The van der Waals surface area contributed by atoms with Crippen molar-refractivity contribution in [3.8, 4) is 0 Å². The number of carbonyl (C=O) groups excluding carboxylic acids is 1. The van der Waals surface area contributed by atoms with Crippen molar-refractivity contribution in [2.24, 2.45) is 0 Å². The van der Waals surface area contributed by atoms with Gasteiger partial charge in [0, 0.05) is 12.6 Å². The highest BCUT2D eigenvalue weighted by atomic mass is 16.5. The summed E-state index contributed by atoms with van der Waals surface area (Å²) in [7, 11) is 0. The standard InChI is InChI=1S/C25H21N3O4/c1-15-22(16(2)28(27-15)13-12-17-8-4-3-5-9-17)26-24(30)21-14-19-23(29)18-10-6-7-11-20(18)31-25(19)32-21/h3-11,14H,12-13H2,1-2H3,(H,26,30). The Morgan fingerprint density at radius 1 is 1.00 bits per heavy atom. The van der Waals surface area contributed by atoms with Crippen molar-refractivity contribution in [1.29, 1.82) is 0 Å². The third-order valence-electron chi connectivity index (χ3n) is 5.58. The number of rotatable bonds is 5. The first-order valence-corrected chi connectivity index (χ1v) is 10.4. The molecule has 0 saturated heterocycles. The van der Waals surface area contributed by atoms with Crippen molar-refractivity contribution in [2.45, 2.75) is 26.8 Å². The molecule has 0 aliphatic heterocycles. The molecule has 3 heterocycles. The molecule has 0 aliphatic rings. The highest BCUT2D eigenvalue weighted by molar-refractivity contribution is 6.05. The van der Waals surface area contributed by atoms with Crippen molar-refractivity contribution >= 4 is 33.7 Å². The minimum atomic E-state index is -0.464. The Labute approximate surface area is 183 Å². The van der Waals surface area contributed by atoms with Gasteiger partial charge in [0.2, 0.25) is 5.43 Å². The van der Waals surface area contributed by atoms with Gasteiger partial charge in [0.15, 0.2) is 5.76 Å². The Bertz CT molecular complexity index is 1510. The first kappa shape index (κ1) is 19.8. The maximum atomic E-state index is 12.9. The van der Waals surface area contributed by atoms with Gasteiger partial charge in [-0.15, -0.1) is 0 Å². The number of amides is 1. The first-order valence-electron chi connectivity index (χ1n) is 10.4. The summed E-state index contributed by atoms with van der Waals surface area (Å²) >= 11 is 0. The van der Waals surface area contributed by atoms with Crippen LogP contribution in [0.15, 0.2) is 74.3 Å². The predicted octanol–water partition coefficient (Wildman–Crippen LogP) is 4.85. The largest absolute Gasteiger partial charge is 0.425 e. The number of carbonyl (C=O) groups is 1. The average Bonchev–Trinajstić information content (AvgIpc) is 3.35. The number of fused-ring (bicyclic) bond motifs is 2. The fourth-order valence-electron chi connectivity index (χ4n) is 3.86. The molecule has 0 unspecified atom stereocenters. The number of para-hydroxylation sites is 1. The molecule has 0 saturated carbocycles. The molecule has 5 aromatic rings. The Morgan fingerprint density at radius 2 is 1.75 bits per heavy atom. The van der Waals surface area contributed by atoms with E-state index in [4.69, 9.17) is 8.83 Å². The zero-order valence-corrected chi connectivity index (χ0v) is 17.7. The van der Waals surface area contributed by atoms with Crippen LogP contribution in [0.5, 0.6) is 0 Å². The summed E-state index contributed by atoms with van der Waals surface area (Å²) < 4.78 is 13.1. The second-order valence-electron chi connectivity index (χ2n) is 7.70. The van der Waals surface area contributed by atoms with Crippen LogP contribution in [0.3, 0.4) is 0 Å². The van der Waals surface area contributed by atoms with E-state index in [2.05, 4.69) is 22.5 Å². The molecule has 0 bridgehead atoms. The lowest BCUT2D eigenvalue weighted by Gasteiger charge is -2.06. The van der Waals surface area contributed by atoms with Crippen LogP contribution in [0, 0.1) is 13.8 Å². The smallest absolute Gasteiger partial charge is 0.302 e. The van der Waals surface area contributed by atoms with Gasteiger partial charge in [-0.25, -0.2) is 0 Å². The first-order chi connectivity index (χ1) is 15.5. The molecule has 0 fully saturated rings. The fourth-order valence-corrected chi connectivity index (χ4v) is 3.86. The molecule has 0 spiro atoms. The van der Waals surface area contributed by atoms with Crippen LogP contribution in [-0.4, -0.2) is 15.7 Å². The zero-order chi connectivity index (χ0) is 22.2. The molecule has 0 atom stereocenters. The number of hydrogen-bond donors (Lipinski definition) is 1. The van der Waals surface area contributed by atoms with Gasteiger partial charge in [0.1, 0.15) is 11.0 Å². The van der Waals surface area contributed by atoms with Crippen LogP contribution < -0.4 is 10.7 Å². The maximum Gasteiger partial charge on any atom is 0.302 e. The number of benzene rings is 2. The number of nitrogens with one attached hydrogen (secondary N) is 1. The second kappa shape index (κ2) is 7.85. The number of nitrogens with zero attached hydrogens (tertiary/aromatic N) is 2. The van der Waals surface area contributed by atoms with Crippen molar-refractivity contribution in [3.63, 3.8) is 0 Å². The van der Waals surface area contributed by atoms with Crippen molar-refractivity contribution in [2.75, 3.05) is 5.32 Å². The van der Waals surface area contributed by atoms with Crippen molar-refractivity contribution in [1.82, 2.24) is 9.78 Å². The lowest BCUT2D eigenvalue weighted by molar-refractivity contribution is 0.0997. The minimum absolute atomic E-state index is 0.00647. The summed E-state index contributed by atoms with van der Waals surface area (Å²) in [6, 6.07) is 18.5. The molecule has 160 valence electrons. The van der Waals surface area contributed by atoms with Gasteiger partial charge in [-0.3, -0.25) is 14.3 Å². The van der Waals surface area contributed by atoms with E-state index in [9.17, 15) is 9.59 Å². The number of anilines is 1. The normalized spacial score (nSPS) is 11.3. The monoisotopic (exact) mass is 427 g/mol. The summed E-state index contributed by atoms with van der Waals surface area (Å²) in [5, 5.41) is 8.12. The van der Waals surface area contributed by atoms with Crippen LogP contribution in [0.1, 0.15) is 27.5 Å². The quantitative estimate of drug-likeness (QED) is 0.433. The third kappa shape index (κ3) is 3.47. The lowest BCUT2D eigenvalue weighted by Crippen LogP contribution is -2.12. The summed E-state index contributed by atoms with van der Waals surface area (Å²) in [6.45, 7) is 4.46. The maximum absolute atomic E-state index is 12.9. The van der Waals surface area contributed by atoms with E-state index in [1.54, 1.807) is 24.3 Å². The summed E-state index contributed by atoms with van der Waals surface area (Å²) in [4.78, 5) is 25.6. The fraction of sp³-hybridized carbons (Fsp3) is 0.160. The minimum Gasteiger partial charge on any atom is -0.425 e. The van der Waals surface area contributed by atoms with Gasteiger partial charge >= 0.3 is 5.78 Å². The van der Waals surface area contributed by atoms with E-state index < -0.39 is 5.91 Å². The average molecular weight is 427 g/mol. The van der Waals surface area contributed by atoms with E-state index in [1.807, 2.05) is 36.7 Å². The Balaban J connectivity index is 1.40. The van der Waals surface area contributed by atoms with E-state index in [0.29, 0.717) is 28.9 Å². The van der Waals surface area contributed by atoms with E-state index >= 15 is 0 Å². The number of furan rings is 1. The lowest BCUT2D eigenvalue weighted by atomic mass is 10.1. The molecule has 5 rings (SSSR count). The van der Waals surface area contributed by atoms with Crippen LogP contribution in [0.2, 0.25) is 0 Å². The van der Waals surface area contributed by atoms with Gasteiger partial charge in [-0.1, -0.05) is 42.5 Å². The van der Waals surface area contributed by atoms with E-state index in [-0.39, 0.29) is 22.4 Å². The molecule has 0 radical (unpaired) electrons. The summed E-state index contributed by atoms with van der Waals surface area (Å²) in [5.41, 5.74) is 3.59. The van der Waals surface area contributed by atoms with Gasteiger partial charge in [0.25, 0.3) is 5.91 Å². The molecule has 7 nitrogen and oxygen atoms in total. The molecule has 1 amide bonds. The van der Waals surface area contributed by atoms with Crippen LogP contribution in [0.25, 0.3) is 22.1 Å². The zero-order valence-electron chi connectivity index (χ0n) is 17.7. The molecular formula is C25H21N3O4. The van der Waals surface area contributed by atoms with Crippen molar-refractivity contribution < 1.29 is 13.6 Å². The van der Waals surface area contributed by atoms with Crippen LogP contribution in [0.4, 0.5) is 5.69 Å². The molecule has 32 heavy (non-hydrogen) atoms. The molecule has 2 aromatic carbocycles. The van der Waals surface area contributed by atoms with Gasteiger partial charge in [-0.2, -0.15) is 5.10 Å². The van der Waals surface area contributed by atoms with Crippen LogP contribution >= 0.6 is 0 Å². The van der Waals surface area contributed by atoms with Crippen molar-refractivity contribution in [3.05, 3.63) is 93.6 Å². The Hall–Kier alpha value is -4.13. The molecular weight excluding hydrogens is 406 g/mol.